The van der Waals surface area contributed by atoms with Gasteiger partial charge in [0.25, 0.3) is 5.91 Å². The second-order valence-electron chi connectivity index (χ2n) is 3.12. The standard InChI is InChI=1S/C11H14N2O2/c1-3-12-11(15)9-5-4-6-10(7-9)13-8(2)14/h4-7H,3H2,1-2H3,(H,12,15)(H,13,14). The van der Waals surface area contributed by atoms with Gasteiger partial charge in [-0.3, -0.25) is 9.59 Å². The lowest BCUT2D eigenvalue weighted by molar-refractivity contribution is -0.114. The first-order valence-electron chi connectivity index (χ1n) is 4.79. The third-order valence-corrected chi connectivity index (χ3v) is 1.78. The molecule has 0 bridgehead atoms. The molecule has 0 radical (unpaired) electrons. The van der Waals surface area contributed by atoms with Gasteiger partial charge in [-0.2, -0.15) is 0 Å². The highest BCUT2D eigenvalue weighted by Crippen LogP contribution is 2.10. The van der Waals surface area contributed by atoms with E-state index in [1.54, 1.807) is 24.3 Å². The minimum atomic E-state index is -0.150. The van der Waals surface area contributed by atoms with Crippen LogP contribution in [0.25, 0.3) is 0 Å². The number of carbonyl (C=O) groups excluding carboxylic acids is 2. The van der Waals surface area contributed by atoms with E-state index in [1.165, 1.54) is 6.92 Å². The predicted octanol–water partition coefficient (Wildman–Crippen LogP) is 1.39. The van der Waals surface area contributed by atoms with Gasteiger partial charge in [-0.05, 0) is 25.1 Å². The molecule has 0 atom stereocenters. The molecule has 15 heavy (non-hydrogen) atoms. The Kier molecular flexibility index (Phi) is 3.85. The Labute approximate surface area is 88.7 Å². The number of hydrogen-bond donors (Lipinski definition) is 2. The average molecular weight is 206 g/mol. The largest absolute Gasteiger partial charge is 0.352 e. The number of anilines is 1. The zero-order valence-corrected chi connectivity index (χ0v) is 8.83. The van der Waals surface area contributed by atoms with Crippen LogP contribution in [0.5, 0.6) is 0 Å². The summed E-state index contributed by atoms with van der Waals surface area (Å²) in [4.78, 5) is 22.3. The highest BCUT2D eigenvalue weighted by atomic mass is 16.2. The van der Waals surface area contributed by atoms with Gasteiger partial charge in [0.05, 0.1) is 0 Å². The van der Waals surface area contributed by atoms with E-state index in [2.05, 4.69) is 10.6 Å². The smallest absolute Gasteiger partial charge is 0.251 e. The quantitative estimate of drug-likeness (QED) is 0.785. The van der Waals surface area contributed by atoms with Crippen molar-refractivity contribution >= 4 is 17.5 Å². The van der Waals surface area contributed by atoms with Crippen molar-refractivity contribution in [3.63, 3.8) is 0 Å². The van der Waals surface area contributed by atoms with Crippen molar-refractivity contribution in [1.82, 2.24) is 5.32 Å². The van der Waals surface area contributed by atoms with Gasteiger partial charge >= 0.3 is 0 Å². The normalized spacial score (nSPS) is 9.47. The zero-order chi connectivity index (χ0) is 11.3. The molecule has 0 aromatic heterocycles. The molecule has 1 rings (SSSR count). The predicted molar refractivity (Wildman–Crippen MR) is 58.8 cm³/mol. The van der Waals surface area contributed by atoms with Crippen LogP contribution < -0.4 is 10.6 Å². The van der Waals surface area contributed by atoms with Gasteiger partial charge in [-0.15, -0.1) is 0 Å². The molecular weight excluding hydrogens is 192 g/mol. The van der Waals surface area contributed by atoms with E-state index < -0.39 is 0 Å². The molecule has 4 heteroatoms. The molecule has 0 spiro atoms. The van der Waals surface area contributed by atoms with E-state index in [0.717, 1.165) is 0 Å². The van der Waals surface area contributed by atoms with E-state index in [1.807, 2.05) is 6.92 Å². The van der Waals surface area contributed by atoms with E-state index in [-0.39, 0.29) is 11.8 Å². The topological polar surface area (TPSA) is 58.2 Å². The number of benzene rings is 1. The van der Waals surface area contributed by atoms with E-state index in [0.29, 0.717) is 17.8 Å². The summed E-state index contributed by atoms with van der Waals surface area (Å²) < 4.78 is 0. The first-order chi connectivity index (χ1) is 7.13. The van der Waals surface area contributed by atoms with Gasteiger partial charge in [0, 0.05) is 24.7 Å². The number of nitrogens with one attached hydrogen (secondary N) is 2. The minimum Gasteiger partial charge on any atom is -0.352 e. The van der Waals surface area contributed by atoms with Crippen LogP contribution in [0.15, 0.2) is 24.3 Å². The molecule has 1 aromatic carbocycles. The lowest BCUT2D eigenvalue weighted by atomic mass is 10.2. The third-order valence-electron chi connectivity index (χ3n) is 1.78. The Hall–Kier alpha value is -1.84. The van der Waals surface area contributed by atoms with Gasteiger partial charge in [-0.1, -0.05) is 6.07 Å². The Morgan fingerprint density at radius 1 is 1.33 bits per heavy atom. The van der Waals surface area contributed by atoms with Crippen LogP contribution in [-0.2, 0) is 4.79 Å². The summed E-state index contributed by atoms with van der Waals surface area (Å²) >= 11 is 0. The first-order valence-corrected chi connectivity index (χ1v) is 4.79. The Morgan fingerprint density at radius 2 is 2.07 bits per heavy atom. The molecule has 0 saturated carbocycles. The first kappa shape index (κ1) is 11.2. The molecule has 0 saturated heterocycles. The van der Waals surface area contributed by atoms with Crippen LogP contribution >= 0.6 is 0 Å². The van der Waals surface area contributed by atoms with Crippen LogP contribution in [-0.4, -0.2) is 18.4 Å². The molecule has 0 aliphatic carbocycles. The highest BCUT2D eigenvalue weighted by molar-refractivity contribution is 5.96. The molecule has 0 aliphatic rings. The van der Waals surface area contributed by atoms with Crippen molar-refractivity contribution in [2.75, 3.05) is 11.9 Å². The highest BCUT2D eigenvalue weighted by Gasteiger charge is 2.04. The lowest BCUT2D eigenvalue weighted by Crippen LogP contribution is -2.22. The van der Waals surface area contributed by atoms with E-state index >= 15 is 0 Å². The van der Waals surface area contributed by atoms with Gasteiger partial charge in [-0.25, -0.2) is 0 Å². The molecule has 0 fully saturated rings. The molecule has 0 heterocycles. The minimum absolute atomic E-state index is 0.135. The van der Waals surface area contributed by atoms with E-state index in [4.69, 9.17) is 0 Å². The number of amides is 2. The van der Waals surface area contributed by atoms with Gasteiger partial charge in [0.15, 0.2) is 0 Å². The van der Waals surface area contributed by atoms with Crippen molar-refractivity contribution in [3.05, 3.63) is 29.8 Å². The van der Waals surface area contributed by atoms with Crippen LogP contribution in [0.1, 0.15) is 24.2 Å². The maximum Gasteiger partial charge on any atom is 0.251 e. The summed E-state index contributed by atoms with van der Waals surface area (Å²) in [6.45, 7) is 3.87. The third kappa shape index (κ3) is 3.42. The second kappa shape index (κ2) is 5.14. The molecular formula is C11H14N2O2. The van der Waals surface area contributed by atoms with Crippen molar-refractivity contribution in [1.29, 1.82) is 0 Å². The van der Waals surface area contributed by atoms with Gasteiger partial charge in [0.2, 0.25) is 5.91 Å². The average Bonchev–Trinajstić information content (AvgIpc) is 2.17. The monoisotopic (exact) mass is 206 g/mol. The fourth-order valence-corrected chi connectivity index (χ4v) is 1.20. The Bertz CT molecular complexity index is 375. The second-order valence-corrected chi connectivity index (χ2v) is 3.12. The summed E-state index contributed by atoms with van der Waals surface area (Å²) in [6.07, 6.45) is 0. The van der Waals surface area contributed by atoms with Crippen LogP contribution in [0.4, 0.5) is 5.69 Å². The number of rotatable bonds is 3. The Balaban J connectivity index is 2.82. The van der Waals surface area contributed by atoms with Gasteiger partial charge in [0.1, 0.15) is 0 Å². The summed E-state index contributed by atoms with van der Waals surface area (Å²) in [5, 5.41) is 5.31. The van der Waals surface area contributed by atoms with E-state index in [9.17, 15) is 9.59 Å². The van der Waals surface area contributed by atoms with Crippen LogP contribution in [0.3, 0.4) is 0 Å². The summed E-state index contributed by atoms with van der Waals surface area (Å²) in [6, 6.07) is 6.82. The molecule has 0 unspecified atom stereocenters. The molecule has 80 valence electrons. The molecule has 2 N–H and O–H groups in total. The molecule has 2 amide bonds. The number of carbonyl (C=O) groups is 2. The fourth-order valence-electron chi connectivity index (χ4n) is 1.20. The molecule has 0 aliphatic heterocycles. The van der Waals surface area contributed by atoms with Crippen LogP contribution in [0, 0.1) is 0 Å². The molecule has 1 aromatic rings. The lowest BCUT2D eigenvalue weighted by Gasteiger charge is -2.05. The van der Waals surface area contributed by atoms with Crippen molar-refractivity contribution in [2.45, 2.75) is 13.8 Å². The summed E-state index contributed by atoms with van der Waals surface area (Å²) in [5.74, 6) is -0.284. The maximum atomic E-state index is 11.5. The maximum absolute atomic E-state index is 11.5. The van der Waals surface area contributed by atoms with Crippen molar-refractivity contribution < 1.29 is 9.59 Å². The summed E-state index contributed by atoms with van der Waals surface area (Å²) in [5.41, 5.74) is 1.18. The SMILES string of the molecule is CCNC(=O)c1cccc(NC(C)=O)c1. The van der Waals surface area contributed by atoms with Crippen LogP contribution in [0.2, 0.25) is 0 Å². The van der Waals surface area contributed by atoms with Gasteiger partial charge < -0.3 is 10.6 Å². The zero-order valence-electron chi connectivity index (χ0n) is 8.83. The fraction of sp³-hybridized carbons (Fsp3) is 0.273. The van der Waals surface area contributed by atoms with Crippen molar-refractivity contribution in [3.8, 4) is 0 Å². The Morgan fingerprint density at radius 3 is 2.67 bits per heavy atom. The number of hydrogen-bond acceptors (Lipinski definition) is 2. The summed E-state index contributed by atoms with van der Waals surface area (Å²) in [7, 11) is 0. The molecule has 4 nitrogen and oxygen atoms in total. The van der Waals surface area contributed by atoms with Crippen molar-refractivity contribution in [2.24, 2.45) is 0 Å².